The summed E-state index contributed by atoms with van der Waals surface area (Å²) in [6, 6.07) is 11.1. The van der Waals surface area contributed by atoms with Crippen LogP contribution in [0.15, 0.2) is 47.4 Å². The van der Waals surface area contributed by atoms with E-state index in [0.29, 0.717) is 16.5 Å². The van der Waals surface area contributed by atoms with E-state index in [0.717, 1.165) is 9.87 Å². The second-order valence-electron chi connectivity index (χ2n) is 5.56. The third-order valence-electron chi connectivity index (χ3n) is 3.43. The van der Waals surface area contributed by atoms with Gasteiger partial charge in [-0.05, 0) is 48.9 Å². The maximum Gasteiger partial charge on any atom is 0.262 e. The molecular formula is C17H19ClN2O4S. The summed E-state index contributed by atoms with van der Waals surface area (Å²) in [7, 11) is -0.568. The molecule has 0 radical (unpaired) electrons. The molecule has 2 rings (SSSR count). The van der Waals surface area contributed by atoms with Crippen LogP contribution in [0.2, 0.25) is 5.02 Å². The largest absolute Gasteiger partial charge is 0.484 e. The number of rotatable bonds is 6. The van der Waals surface area contributed by atoms with Gasteiger partial charge in [0.05, 0.1) is 4.90 Å². The zero-order valence-electron chi connectivity index (χ0n) is 14.1. The number of halogens is 1. The number of hydrogen-bond acceptors (Lipinski definition) is 4. The lowest BCUT2D eigenvalue weighted by atomic mass is 10.2. The number of aryl methyl sites for hydroxylation is 1. The zero-order valence-corrected chi connectivity index (χ0v) is 15.7. The van der Waals surface area contributed by atoms with Gasteiger partial charge in [-0.2, -0.15) is 0 Å². The van der Waals surface area contributed by atoms with Crippen molar-refractivity contribution in [1.29, 1.82) is 0 Å². The van der Waals surface area contributed by atoms with Gasteiger partial charge in [-0.15, -0.1) is 0 Å². The van der Waals surface area contributed by atoms with Crippen LogP contribution in [-0.2, 0) is 14.8 Å². The second-order valence-corrected chi connectivity index (χ2v) is 8.12. The first kappa shape index (κ1) is 19.2. The van der Waals surface area contributed by atoms with Crippen LogP contribution in [0.3, 0.4) is 0 Å². The first-order valence-electron chi connectivity index (χ1n) is 7.41. The molecule has 0 atom stereocenters. The van der Waals surface area contributed by atoms with E-state index in [-0.39, 0.29) is 17.4 Å². The average molecular weight is 383 g/mol. The summed E-state index contributed by atoms with van der Waals surface area (Å²) in [5, 5.41) is 3.25. The monoisotopic (exact) mass is 382 g/mol. The molecule has 0 aromatic heterocycles. The lowest BCUT2D eigenvalue weighted by Crippen LogP contribution is -2.22. The molecular weight excluding hydrogens is 364 g/mol. The van der Waals surface area contributed by atoms with Gasteiger partial charge in [-0.1, -0.05) is 17.7 Å². The fraction of sp³-hybridized carbons (Fsp3) is 0.235. The molecule has 0 saturated heterocycles. The summed E-state index contributed by atoms with van der Waals surface area (Å²) >= 11 is 6.01. The van der Waals surface area contributed by atoms with Crippen molar-refractivity contribution in [3.05, 3.63) is 53.1 Å². The highest BCUT2D eigenvalue weighted by Gasteiger charge is 2.16. The smallest absolute Gasteiger partial charge is 0.262 e. The Morgan fingerprint density at radius 1 is 1.16 bits per heavy atom. The Balaban J connectivity index is 1.94. The molecule has 2 aromatic rings. The molecule has 0 spiro atoms. The summed E-state index contributed by atoms with van der Waals surface area (Å²) in [5.74, 6) is 0.0553. The third-order valence-corrected chi connectivity index (χ3v) is 5.66. The minimum atomic E-state index is -3.49. The molecule has 0 aliphatic rings. The highest BCUT2D eigenvalue weighted by atomic mass is 35.5. The van der Waals surface area contributed by atoms with E-state index in [1.807, 2.05) is 13.0 Å². The molecule has 0 unspecified atom stereocenters. The van der Waals surface area contributed by atoms with Gasteiger partial charge >= 0.3 is 0 Å². The van der Waals surface area contributed by atoms with Crippen LogP contribution in [0.4, 0.5) is 5.69 Å². The van der Waals surface area contributed by atoms with Crippen LogP contribution in [-0.4, -0.2) is 39.3 Å². The van der Waals surface area contributed by atoms with Crippen LogP contribution in [0.1, 0.15) is 5.56 Å². The molecule has 0 bridgehead atoms. The molecule has 1 amide bonds. The molecule has 0 heterocycles. The Labute approximate surface area is 152 Å². The molecule has 0 fully saturated rings. The highest BCUT2D eigenvalue weighted by Crippen LogP contribution is 2.20. The van der Waals surface area contributed by atoms with Crippen molar-refractivity contribution in [2.75, 3.05) is 26.0 Å². The first-order chi connectivity index (χ1) is 11.7. The highest BCUT2D eigenvalue weighted by molar-refractivity contribution is 7.89. The normalized spacial score (nSPS) is 11.4. The van der Waals surface area contributed by atoms with Crippen molar-refractivity contribution in [1.82, 2.24) is 4.31 Å². The number of benzene rings is 2. The molecule has 25 heavy (non-hydrogen) atoms. The van der Waals surface area contributed by atoms with Crippen molar-refractivity contribution in [3.8, 4) is 5.75 Å². The second kappa shape index (κ2) is 7.86. The molecule has 8 heteroatoms. The fourth-order valence-corrected chi connectivity index (χ4v) is 3.02. The summed E-state index contributed by atoms with van der Waals surface area (Å²) in [6.45, 7) is 1.67. The minimum Gasteiger partial charge on any atom is -0.484 e. The maximum atomic E-state index is 12.0. The molecule has 1 N–H and O–H groups in total. The number of carbonyl (C=O) groups is 1. The molecule has 0 aliphatic heterocycles. The van der Waals surface area contributed by atoms with Crippen molar-refractivity contribution in [3.63, 3.8) is 0 Å². The minimum absolute atomic E-state index is 0.156. The topological polar surface area (TPSA) is 75.7 Å². The summed E-state index contributed by atoms with van der Waals surface area (Å²) in [6.07, 6.45) is 0. The van der Waals surface area contributed by atoms with Crippen LogP contribution in [0.25, 0.3) is 0 Å². The number of anilines is 1. The Bertz CT molecular complexity index is 865. The van der Waals surface area contributed by atoms with E-state index in [1.54, 1.807) is 12.1 Å². The number of sulfonamides is 1. The van der Waals surface area contributed by atoms with Gasteiger partial charge < -0.3 is 10.1 Å². The van der Waals surface area contributed by atoms with Gasteiger partial charge in [0.2, 0.25) is 10.0 Å². The first-order valence-corrected chi connectivity index (χ1v) is 9.23. The van der Waals surface area contributed by atoms with E-state index in [1.165, 1.54) is 38.4 Å². The average Bonchev–Trinajstić information content (AvgIpc) is 2.56. The van der Waals surface area contributed by atoms with Crippen molar-refractivity contribution in [2.45, 2.75) is 11.8 Å². The van der Waals surface area contributed by atoms with Crippen molar-refractivity contribution < 1.29 is 17.9 Å². The van der Waals surface area contributed by atoms with Crippen LogP contribution in [0, 0.1) is 6.92 Å². The van der Waals surface area contributed by atoms with E-state index in [9.17, 15) is 13.2 Å². The van der Waals surface area contributed by atoms with Crippen molar-refractivity contribution in [2.24, 2.45) is 0 Å². The summed E-state index contributed by atoms with van der Waals surface area (Å²) < 4.78 is 30.4. The number of carbonyl (C=O) groups excluding carboxylic acids is 1. The molecule has 134 valence electrons. The molecule has 0 aliphatic carbocycles. The maximum absolute atomic E-state index is 12.0. The van der Waals surface area contributed by atoms with Crippen molar-refractivity contribution >= 4 is 33.2 Å². The van der Waals surface area contributed by atoms with Gasteiger partial charge in [-0.25, -0.2) is 12.7 Å². The Morgan fingerprint density at radius 3 is 2.36 bits per heavy atom. The number of amides is 1. The zero-order chi connectivity index (χ0) is 18.6. The van der Waals surface area contributed by atoms with Gasteiger partial charge in [0.1, 0.15) is 5.75 Å². The van der Waals surface area contributed by atoms with Gasteiger partial charge in [0.15, 0.2) is 6.61 Å². The predicted molar refractivity (Wildman–Crippen MR) is 97.6 cm³/mol. The number of nitrogens with zero attached hydrogens (tertiary/aromatic N) is 1. The van der Waals surface area contributed by atoms with Crippen LogP contribution < -0.4 is 10.1 Å². The standard InChI is InChI=1S/C17H19ClN2O4S/c1-12-4-5-13(10-16(12)18)19-17(21)11-24-14-6-8-15(9-7-14)25(22,23)20(2)3/h4-10H,11H2,1-3H3,(H,19,21). The quantitative estimate of drug-likeness (QED) is 0.833. The van der Waals surface area contributed by atoms with Crippen LogP contribution >= 0.6 is 11.6 Å². The molecule has 6 nitrogen and oxygen atoms in total. The lowest BCUT2D eigenvalue weighted by Gasteiger charge is -2.12. The summed E-state index contributed by atoms with van der Waals surface area (Å²) in [4.78, 5) is 12.1. The number of nitrogens with one attached hydrogen (secondary N) is 1. The van der Waals surface area contributed by atoms with E-state index >= 15 is 0 Å². The van der Waals surface area contributed by atoms with Gasteiger partial charge in [0, 0.05) is 24.8 Å². The van der Waals surface area contributed by atoms with E-state index in [4.69, 9.17) is 16.3 Å². The summed E-state index contributed by atoms with van der Waals surface area (Å²) in [5.41, 5.74) is 1.50. The predicted octanol–water partition coefficient (Wildman–Crippen LogP) is 2.92. The Kier molecular flexibility index (Phi) is 6.05. The number of hydrogen-bond donors (Lipinski definition) is 1. The molecule has 0 saturated carbocycles. The molecule has 2 aromatic carbocycles. The van der Waals surface area contributed by atoms with Crippen LogP contribution in [0.5, 0.6) is 5.75 Å². The third kappa shape index (κ3) is 4.94. The fourth-order valence-electron chi connectivity index (χ4n) is 1.94. The van der Waals surface area contributed by atoms with E-state index in [2.05, 4.69) is 5.32 Å². The SMILES string of the molecule is Cc1ccc(NC(=O)COc2ccc(S(=O)(=O)N(C)C)cc2)cc1Cl. The number of ether oxygens (including phenoxy) is 1. The van der Waals surface area contributed by atoms with Gasteiger partial charge in [0.25, 0.3) is 5.91 Å². The Morgan fingerprint density at radius 2 is 1.80 bits per heavy atom. The Hall–Kier alpha value is -2.09. The van der Waals surface area contributed by atoms with E-state index < -0.39 is 10.0 Å². The lowest BCUT2D eigenvalue weighted by molar-refractivity contribution is -0.118. The van der Waals surface area contributed by atoms with Gasteiger partial charge in [-0.3, -0.25) is 4.79 Å².